The molecule has 0 radical (unpaired) electrons. The van der Waals surface area contributed by atoms with Crippen molar-refractivity contribution < 1.29 is 17.9 Å². The fraction of sp³-hybridized carbons (Fsp3) is 0.278. The van der Waals surface area contributed by atoms with Crippen molar-refractivity contribution in [1.82, 2.24) is 9.97 Å². The van der Waals surface area contributed by atoms with E-state index in [-0.39, 0.29) is 5.75 Å². The van der Waals surface area contributed by atoms with Crippen LogP contribution in [0.4, 0.5) is 13.2 Å². The van der Waals surface area contributed by atoms with E-state index in [0.29, 0.717) is 13.0 Å². The first kappa shape index (κ1) is 17.3. The number of benzene rings is 1. The van der Waals surface area contributed by atoms with Gasteiger partial charge >= 0.3 is 6.36 Å². The van der Waals surface area contributed by atoms with Gasteiger partial charge in [-0.25, -0.2) is 0 Å². The van der Waals surface area contributed by atoms with Gasteiger partial charge in [-0.2, -0.15) is 0 Å². The van der Waals surface area contributed by atoms with Crippen LogP contribution in [0, 0.1) is 0 Å². The van der Waals surface area contributed by atoms with Crippen LogP contribution in [-0.2, 0) is 6.42 Å². The fourth-order valence-corrected chi connectivity index (χ4v) is 2.89. The van der Waals surface area contributed by atoms with Gasteiger partial charge in [-0.15, -0.1) is 13.2 Å². The van der Waals surface area contributed by atoms with Gasteiger partial charge in [-0.05, 0) is 61.7 Å². The highest BCUT2D eigenvalue weighted by Gasteiger charge is 2.31. The first-order valence-electron chi connectivity index (χ1n) is 7.99. The molecule has 3 N–H and O–H groups in total. The quantitative estimate of drug-likeness (QED) is 0.648. The minimum Gasteiger partial charge on any atom is -0.406 e. The van der Waals surface area contributed by atoms with Crippen molar-refractivity contribution in [3.05, 3.63) is 48.3 Å². The standard InChI is InChI=1S/C18H18F3N3O/c19-18(20,21)25-13-4-5-16-15(11-13)14(3-1-2-8-22)17(24-16)12-6-9-23-10-7-12/h4-7,9-11,24H,1-3,8,22H2. The molecule has 0 spiro atoms. The molecule has 0 fully saturated rings. The van der Waals surface area contributed by atoms with Crippen LogP contribution in [0.5, 0.6) is 5.75 Å². The Balaban J connectivity index is 2.07. The molecule has 3 aromatic rings. The van der Waals surface area contributed by atoms with Crippen molar-refractivity contribution in [3.8, 4) is 17.0 Å². The van der Waals surface area contributed by atoms with E-state index in [4.69, 9.17) is 5.73 Å². The predicted molar refractivity (Wildman–Crippen MR) is 90.2 cm³/mol. The Hall–Kier alpha value is -2.54. The van der Waals surface area contributed by atoms with Crippen LogP contribution in [0.15, 0.2) is 42.7 Å². The van der Waals surface area contributed by atoms with Gasteiger partial charge in [0.2, 0.25) is 0 Å². The van der Waals surface area contributed by atoms with Gasteiger partial charge in [0.05, 0.1) is 0 Å². The van der Waals surface area contributed by atoms with E-state index < -0.39 is 6.36 Å². The van der Waals surface area contributed by atoms with Gasteiger partial charge in [-0.1, -0.05) is 0 Å². The van der Waals surface area contributed by atoms with Gasteiger partial charge in [0.25, 0.3) is 0 Å². The number of ether oxygens (including phenoxy) is 1. The predicted octanol–water partition coefficient (Wildman–Crippen LogP) is 4.41. The van der Waals surface area contributed by atoms with Crippen LogP contribution in [0.3, 0.4) is 0 Å². The second-order valence-electron chi connectivity index (χ2n) is 5.72. The number of alkyl halides is 3. The highest BCUT2D eigenvalue weighted by molar-refractivity contribution is 5.91. The fourth-order valence-electron chi connectivity index (χ4n) is 2.89. The number of aromatic nitrogens is 2. The summed E-state index contributed by atoms with van der Waals surface area (Å²) in [6.07, 6.45) is 1.07. The van der Waals surface area contributed by atoms with Crippen molar-refractivity contribution >= 4 is 10.9 Å². The van der Waals surface area contributed by atoms with Gasteiger partial charge in [0, 0.05) is 34.6 Å². The first-order chi connectivity index (χ1) is 12.0. The topological polar surface area (TPSA) is 63.9 Å². The van der Waals surface area contributed by atoms with E-state index in [9.17, 15) is 13.2 Å². The Morgan fingerprint density at radius 1 is 1.08 bits per heavy atom. The summed E-state index contributed by atoms with van der Waals surface area (Å²) in [5.74, 6) is -0.222. The van der Waals surface area contributed by atoms with E-state index in [1.54, 1.807) is 18.5 Å². The number of hydrogen-bond donors (Lipinski definition) is 2. The Bertz CT molecular complexity index is 844. The number of aryl methyl sites for hydroxylation is 1. The van der Waals surface area contributed by atoms with Crippen LogP contribution >= 0.6 is 0 Å². The lowest BCUT2D eigenvalue weighted by Gasteiger charge is -2.09. The average Bonchev–Trinajstić information content (AvgIpc) is 2.93. The number of nitrogens with zero attached hydrogens (tertiary/aromatic N) is 1. The number of pyridine rings is 1. The lowest BCUT2D eigenvalue weighted by Crippen LogP contribution is -2.16. The highest BCUT2D eigenvalue weighted by Crippen LogP contribution is 2.34. The Labute approximate surface area is 142 Å². The van der Waals surface area contributed by atoms with Crippen LogP contribution < -0.4 is 10.5 Å². The molecular formula is C18H18F3N3O. The minimum absolute atomic E-state index is 0.222. The number of aromatic amines is 1. The molecule has 1 aromatic carbocycles. The summed E-state index contributed by atoms with van der Waals surface area (Å²) in [5, 5.41) is 0.727. The molecule has 7 heteroatoms. The number of unbranched alkanes of at least 4 members (excludes halogenated alkanes) is 1. The van der Waals surface area contributed by atoms with E-state index in [1.807, 2.05) is 12.1 Å². The zero-order valence-corrected chi connectivity index (χ0v) is 13.4. The Morgan fingerprint density at radius 3 is 2.52 bits per heavy atom. The molecule has 4 nitrogen and oxygen atoms in total. The van der Waals surface area contributed by atoms with E-state index in [1.165, 1.54) is 12.1 Å². The number of fused-ring (bicyclic) bond motifs is 1. The number of hydrogen-bond acceptors (Lipinski definition) is 3. The molecule has 0 saturated carbocycles. The molecule has 2 heterocycles. The molecule has 3 rings (SSSR count). The third kappa shape index (κ3) is 4.11. The summed E-state index contributed by atoms with van der Waals surface area (Å²) in [6, 6.07) is 8.08. The number of H-pyrrole nitrogens is 1. The Morgan fingerprint density at radius 2 is 1.84 bits per heavy atom. The summed E-state index contributed by atoms with van der Waals surface area (Å²) in [7, 11) is 0. The zero-order valence-electron chi connectivity index (χ0n) is 13.4. The zero-order chi connectivity index (χ0) is 17.9. The molecule has 0 unspecified atom stereocenters. The molecule has 0 aliphatic carbocycles. The number of nitrogens with two attached hydrogens (primary N) is 1. The van der Waals surface area contributed by atoms with Crippen molar-refractivity contribution in [2.24, 2.45) is 5.73 Å². The summed E-state index contributed by atoms with van der Waals surface area (Å²) in [4.78, 5) is 7.31. The molecule has 0 saturated heterocycles. The van der Waals surface area contributed by atoms with E-state index >= 15 is 0 Å². The molecule has 0 amide bonds. The lowest BCUT2D eigenvalue weighted by atomic mass is 10.0. The maximum atomic E-state index is 12.5. The molecule has 0 aliphatic heterocycles. The number of nitrogens with one attached hydrogen (secondary N) is 1. The minimum atomic E-state index is -4.71. The third-order valence-corrected chi connectivity index (χ3v) is 3.96. The highest BCUT2D eigenvalue weighted by atomic mass is 19.4. The number of halogens is 3. The van der Waals surface area contributed by atoms with Crippen LogP contribution in [-0.4, -0.2) is 22.9 Å². The molecule has 0 aliphatic rings. The maximum Gasteiger partial charge on any atom is 0.573 e. The second-order valence-corrected chi connectivity index (χ2v) is 5.72. The van der Waals surface area contributed by atoms with Crippen LogP contribution in [0.1, 0.15) is 18.4 Å². The maximum absolute atomic E-state index is 12.5. The monoisotopic (exact) mass is 349 g/mol. The van der Waals surface area contributed by atoms with E-state index in [2.05, 4.69) is 14.7 Å². The van der Waals surface area contributed by atoms with Crippen molar-refractivity contribution in [3.63, 3.8) is 0 Å². The molecular weight excluding hydrogens is 331 g/mol. The lowest BCUT2D eigenvalue weighted by molar-refractivity contribution is -0.274. The van der Waals surface area contributed by atoms with Crippen molar-refractivity contribution in [1.29, 1.82) is 0 Å². The SMILES string of the molecule is NCCCCc1c(-c2ccncc2)[nH]c2ccc(OC(F)(F)F)cc12. The average molecular weight is 349 g/mol. The van der Waals surface area contributed by atoms with Crippen molar-refractivity contribution in [2.75, 3.05) is 6.54 Å². The second kappa shape index (κ2) is 7.14. The van der Waals surface area contributed by atoms with Crippen molar-refractivity contribution in [2.45, 2.75) is 25.6 Å². The molecule has 0 bridgehead atoms. The van der Waals surface area contributed by atoms with Gasteiger partial charge < -0.3 is 15.5 Å². The summed E-state index contributed by atoms with van der Waals surface area (Å²) in [6.45, 7) is 0.579. The van der Waals surface area contributed by atoms with Gasteiger partial charge in [0.15, 0.2) is 0 Å². The summed E-state index contributed by atoms with van der Waals surface area (Å²) in [5.41, 5.74) is 9.12. The van der Waals surface area contributed by atoms with Crippen LogP contribution in [0.2, 0.25) is 0 Å². The molecule has 2 aromatic heterocycles. The largest absolute Gasteiger partial charge is 0.573 e. The number of rotatable bonds is 6. The van der Waals surface area contributed by atoms with Gasteiger partial charge in [-0.3, -0.25) is 4.98 Å². The van der Waals surface area contributed by atoms with E-state index in [0.717, 1.165) is 40.6 Å². The molecule has 25 heavy (non-hydrogen) atoms. The normalized spacial score (nSPS) is 11.8. The molecule has 0 atom stereocenters. The van der Waals surface area contributed by atoms with Crippen LogP contribution in [0.25, 0.3) is 22.2 Å². The summed E-state index contributed by atoms with van der Waals surface area (Å²) < 4.78 is 41.6. The first-order valence-corrected chi connectivity index (χ1v) is 7.99. The van der Waals surface area contributed by atoms with Gasteiger partial charge in [0.1, 0.15) is 5.75 Å². The summed E-state index contributed by atoms with van der Waals surface area (Å²) >= 11 is 0. The third-order valence-electron chi connectivity index (χ3n) is 3.96. The molecule has 132 valence electrons. The smallest absolute Gasteiger partial charge is 0.406 e. The Kier molecular flexibility index (Phi) is 4.94.